The summed E-state index contributed by atoms with van der Waals surface area (Å²) >= 11 is 6.09. The van der Waals surface area contributed by atoms with Crippen molar-refractivity contribution in [1.82, 2.24) is 0 Å². The second-order valence-electron chi connectivity index (χ2n) is 7.29. The molecular weight excluding hydrogens is 382 g/mol. The topological polar surface area (TPSA) is 38.3 Å². The van der Waals surface area contributed by atoms with Crippen molar-refractivity contribution in [2.75, 3.05) is 11.9 Å². The molecule has 0 spiro atoms. The highest BCUT2D eigenvalue weighted by molar-refractivity contribution is 6.30. The number of nitrogens with one attached hydrogen (secondary N) is 1. The predicted molar refractivity (Wildman–Crippen MR) is 118 cm³/mol. The molecule has 0 aromatic heterocycles. The van der Waals surface area contributed by atoms with Crippen LogP contribution in [0.4, 0.5) is 5.69 Å². The molecule has 29 heavy (non-hydrogen) atoms. The van der Waals surface area contributed by atoms with Crippen LogP contribution in [0.5, 0.6) is 5.75 Å². The van der Waals surface area contributed by atoms with Gasteiger partial charge in [-0.2, -0.15) is 0 Å². The number of carbonyl (C=O) groups is 1. The molecule has 3 aromatic carbocycles. The predicted octanol–water partition coefficient (Wildman–Crippen LogP) is 5.58. The number of hydrogen-bond acceptors (Lipinski definition) is 2. The van der Waals surface area contributed by atoms with Crippen LogP contribution in [0.3, 0.4) is 0 Å². The van der Waals surface area contributed by atoms with E-state index in [4.69, 9.17) is 16.3 Å². The van der Waals surface area contributed by atoms with Gasteiger partial charge in [-0.05, 0) is 65.9 Å². The fourth-order valence-electron chi connectivity index (χ4n) is 3.92. The van der Waals surface area contributed by atoms with Gasteiger partial charge in [0, 0.05) is 10.7 Å². The zero-order valence-electron chi connectivity index (χ0n) is 16.0. The highest BCUT2D eigenvalue weighted by Crippen LogP contribution is 2.41. The summed E-state index contributed by atoms with van der Waals surface area (Å²) in [5.74, 6) is 0.722. The lowest BCUT2D eigenvalue weighted by atomic mass is 9.76. The van der Waals surface area contributed by atoms with Crippen LogP contribution < -0.4 is 10.1 Å². The second kappa shape index (κ2) is 8.14. The molecule has 0 unspecified atom stereocenters. The molecule has 0 bridgehead atoms. The van der Waals surface area contributed by atoms with Gasteiger partial charge >= 0.3 is 0 Å². The number of hydrogen-bond donors (Lipinski definition) is 1. The van der Waals surface area contributed by atoms with Crippen molar-refractivity contribution in [3.63, 3.8) is 0 Å². The van der Waals surface area contributed by atoms with Crippen LogP contribution in [-0.2, 0) is 23.1 Å². The van der Waals surface area contributed by atoms with Crippen LogP contribution in [0, 0.1) is 0 Å². The third-order valence-corrected chi connectivity index (χ3v) is 5.67. The first-order chi connectivity index (χ1) is 14.1. The summed E-state index contributed by atoms with van der Waals surface area (Å²) in [4.78, 5) is 13.6. The molecule has 146 valence electrons. The van der Waals surface area contributed by atoms with Gasteiger partial charge in [0.25, 0.3) is 0 Å². The van der Waals surface area contributed by atoms with E-state index in [9.17, 15) is 4.79 Å². The number of fused-ring (bicyclic) bond motifs is 1. The number of anilines is 1. The van der Waals surface area contributed by atoms with Crippen LogP contribution in [0.2, 0.25) is 5.02 Å². The summed E-state index contributed by atoms with van der Waals surface area (Å²) in [5.41, 5.74) is 3.48. The van der Waals surface area contributed by atoms with Gasteiger partial charge in [-0.25, -0.2) is 0 Å². The summed E-state index contributed by atoms with van der Waals surface area (Å²) in [6.07, 6.45) is 3.03. The average Bonchev–Trinajstić information content (AvgIpc) is 3.14. The van der Waals surface area contributed by atoms with Crippen molar-refractivity contribution < 1.29 is 9.53 Å². The largest absolute Gasteiger partial charge is 0.490 e. The maximum Gasteiger partial charge on any atom is 0.235 e. The first-order valence-corrected chi connectivity index (χ1v) is 9.96. The molecule has 3 nitrogen and oxygen atoms in total. The maximum atomic E-state index is 13.6. The molecule has 1 aliphatic carbocycles. The highest BCUT2D eigenvalue weighted by Gasteiger charge is 2.45. The van der Waals surface area contributed by atoms with Gasteiger partial charge in [0.15, 0.2) is 0 Å². The molecule has 0 aliphatic heterocycles. The van der Waals surface area contributed by atoms with E-state index in [1.807, 2.05) is 60.7 Å². The number of benzene rings is 3. The summed E-state index contributed by atoms with van der Waals surface area (Å²) in [7, 11) is 0. The first kappa shape index (κ1) is 19.3. The van der Waals surface area contributed by atoms with Crippen LogP contribution in [-0.4, -0.2) is 12.5 Å². The van der Waals surface area contributed by atoms with E-state index in [0.717, 1.165) is 17.0 Å². The van der Waals surface area contributed by atoms with E-state index in [2.05, 4.69) is 24.0 Å². The minimum Gasteiger partial charge on any atom is -0.490 e. The van der Waals surface area contributed by atoms with E-state index in [-0.39, 0.29) is 5.91 Å². The molecular formula is C25H22ClNO2. The lowest BCUT2D eigenvalue weighted by molar-refractivity contribution is -0.121. The first-order valence-electron chi connectivity index (χ1n) is 9.59. The third-order valence-electron chi connectivity index (χ3n) is 5.41. The fraction of sp³-hybridized carbons (Fsp3) is 0.160. The standard InChI is InChI=1S/C25H22ClNO2/c1-2-15-29-23-13-11-22(12-14-23)27-24(28)25(20-7-9-21(26)10-8-20)16-18-5-3-4-6-19(18)17-25/h2-14H,1,15-17H2,(H,27,28). The van der Waals surface area contributed by atoms with Crippen molar-refractivity contribution in [3.8, 4) is 5.75 Å². The zero-order chi connectivity index (χ0) is 20.3. The zero-order valence-corrected chi connectivity index (χ0v) is 16.8. The Labute approximate surface area is 176 Å². The molecule has 1 N–H and O–H groups in total. The van der Waals surface area contributed by atoms with Crippen LogP contribution in [0.15, 0.2) is 85.5 Å². The van der Waals surface area contributed by atoms with Crippen molar-refractivity contribution >= 4 is 23.2 Å². The van der Waals surface area contributed by atoms with Crippen LogP contribution >= 0.6 is 11.6 Å². The van der Waals surface area contributed by atoms with Gasteiger partial charge < -0.3 is 10.1 Å². The Kier molecular flexibility index (Phi) is 5.41. The van der Waals surface area contributed by atoms with Gasteiger partial charge in [0.2, 0.25) is 5.91 Å². The molecule has 0 atom stereocenters. The Morgan fingerprint density at radius 3 is 2.21 bits per heavy atom. The van der Waals surface area contributed by atoms with E-state index in [0.29, 0.717) is 24.5 Å². The smallest absolute Gasteiger partial charge is 0.235 e. The summed E-state index contributed by atoms with van der Waals surface area (Å²) in [6, 6.07) is 23.3. The lowest BCUT2D eigenvalue weighted by Crippen LogP contribution is -2.41. The Balaban J connectivity index is 1.63. The molecule has 0 saturated heterocycles. The Morgan fingerprint density at radius 1 is 1.00 bits per heavy atom. The average molecular weight is 404 g/mol. The van der Waals surface area contributed by atoms with E-state index in [1.54, 1.807) is 6.08 Å². The molecule has 3 aromatic rings. The van der Waals surface area contributed by atoms with Gasteiger partial charge in [0.05, 0.1) is 5.41 Å². The van der Waals surface area contributed by atoms with Crippen molar-refractivity contribution in [1.29, 1.82) is 0 Å². The fourth-order valence-corrected chi connectivity index (χ4v) is 4.05. The number of ether oxygens (including phenoxy) is 1. The molecule has 1 aliphatic rings. The Hall–Kier alpha value is -3.04. The second-order valence-corrected chi connectivity index (χ2v) is 7.73. The molecule has 4 rings (SSSR count). The van der Waals surface area contributed by atoms with E-state index < -0.39 is 5.41 Å². The summed E-state index contributed by atoms with van der Waals surface area (Å²) in [6.45, 7) is 4.09. The van der Waals surface area contributed by atoms with Gasteiger partial charge in [-0.15, -0.1) is 0 Å². The number of rotatable bonds is 6. The lowest BCUT2D eigenvalue weighted by Gasteiger charge is -2.28. The normalized spacial score (nSPS) is 14.1. The molecule has 0 saturated carbocycles. The van der Waals surface area contributed by atoms with Crippen LogP contribution in [0.25, 0.3) is 0 Å². The van der Waals surface area contributed by atoms with Crippen LogP contribution in [0.1, 0.15) is 16.7 Å². The Bertz CT molecular complexity index is 1000. The highest BCUT2D eigenvalue weighted by atomic mass is 35.5. The molecule has 0 heterocycles. The monoisotopic (exact) mass is 403 g/mol. The van der Waals surface area contributed by atoms with Crippen molar-refractivity contribution in [2.45, 2.75) is 18.3 Å². The maximum absolute atomic E-state index is 13.6. The van der Waals surface area contributed by atoms with Crippen molar-refractivity contribution in [3.05, 3.63) is 107 Å². The Morgan fingerprint density at radius 2 is 1.62 bits per heavy atom. The summed E-state index contributed by atoms with van der Waals surface area (Å²) in [5, 5.41) is 3.77. The number of amides is 1. The van der Waals surface area contributed by atoms with E-state index in [1.165, 1.54) is 11.1 Å². The quantitative estimate of drug-likeness (QED) is 0.545. The SMILES string of the molecule is C=CCOc1ccc(NC(=O)C2(c3ccc(Cl)cc3)Cc3ccccc3C2)cc1. The number of carbonyl (C=O) groups excluding carboxylic acids is 1. The van der Waals surface area contributed by atoms with Gasteiger partial charge in [-0.3, -0.25) is 4.79 Å². The summed E-state index contributed by atoms with van der Waals surface area (Å²) < 4.78 is 5.51. The molecule has 0 fully saturated rings. The minimum atomic E-state index is -0.660. The third kappa shape index (κ3) is 3.92. The molecule has 4 heteroatoms. The van der Waals surface area contributed by atoms with Gasteiger partial charge in [-0.1, -0.05) is 60.7 Å². The van der Waals surface area contributed by atoms with Gasteiger partial charge in [0.1, 0.15) is 12.4 Å². The minimum absolute atomic E-state index is 0.0178. The molecule has 1 amide bonds. The molecule has 0 radical (unpaired) electrons. The van der Waals surface area contributed by atoms with Crippen molar-refractivity contribution in [2.24, 2.45) is 0 Å². The number of halogens is 1. The van der Waals surface area contributed by atoms with E-state index >= 15 is 0 Å².